The molecule has 2 amide bonds. The van der Waals surface area contributed by atoms with Crippen molar-refractivity contribution in [3.05, 3.63) is 87.9 Å². The van der Waals surface area contributed by atoms with E-state index in [0.29, 0.717) is 16.9 Å². The monoisotopic (exact) mass is 528 g/mol. The Morgan fingerprint density at radius 2 is 1.76 bits per heavy atom. The smallest absolute Gasteiger partial charge is 0.404 e. The Balaban J connectivity index is 2.02. The van der Waals surface area contributed by atoms with E-state index in [9.17, 15) is 14.0 Å². The number of fused-ring (bicyclic) bond motifs is 1. The molecule has 2 unspecified atom stereocenters. The van der Waals surface area contributed by atoms with Crippen LogP contribution in [0.4, 0.5) is 13.6 Å². The van der Waals surface area contributed by atoms with Gasteiger partial charge in [-0.1, -0.05) is 62.7 Å². The highest BCUT2D eigenvalue weighted by atomic mass is 35.5. The SMILES string of the molecule is CNC(=O)c1ccc(F)c(F)c1-c1c(Cl)ccc2c1CC(c1ccccc1)(C(OC(N)=O)C(C)(C)C)O2. The largest absolute Gasteiger partial charge is 0.478 e. The summed E-state index contributed by atoms with van der Waals surface area (Å²) in [6.07, 6.45) is -1.80. The fraction of sp³-hybridized carbons (Fsp3) is 0.286. The summed E-state index contributed by atoms with van der Waals surface area (Å²) in [5.41, 5.74) is 4.41. The quantitative estimate of drug-likeness (QED) is 0.426. The van der Waals surface area contributed by atoms with Crippen LogP contribution in [-0.4, -0.2) is 25.2 Å². The van der Waals surface area contributed by atoms with Gasteiger partial charge in [0.25, 0.3) is 5.91 Å². The standard InChI is InChI=1S/C28H27ClF2N2O4/c1-27(2,3)25(36-26(32)35)28(15-8-6-5-7-9-15)14-17-20(37-28)13-11-18(29)21(17)22-16(24(34)33-4)10-12-19(30)23(22)31/h5-13,25H,14H2,1-4H3,(H2,32,35)(H,33,34). The number of halogens is 3. The number of amides is 2. The number of benzene rings is 3. The van der Waals surface area contributed by atoms with Crippen LogP contribution < -0.4 is 15.8 Å². The minimum absolute atomic E-state index is 0.0700. The maximum absolute atomic E-state index is 15.4. The van der Waals surface area contributed by atoms with E-state index in [4.69, 9.17) is 26.8 Å². The van der Waals surface area contributed by atoms with Gasteiger partial charge in [-0.25, -0.2) is 13.6 Å². The molecule has 0 aromatic heterocycles. The Hall–Kier alpha value is -3.65. The maximum Gasteiger partial charge on any atom is 0.404 e. The Morgan fingerprint density at radius 3 is 2.35 bits per heavy atom. The van der Waals surface area contributed by atoms with Gasteiger partial charge in [-0.05, 0) is 29.8 Å². The van der Waals surface area contributed by atoms with Gasteiger partial charge in [0.05, 0.1) is 5.56 Å². The minimum atomic E-state index is -1.28. The van der Waals surface area contributed by atoms with E-state index in [-0.39, 0.29) is 28.1 Å². The first kappa shape index (κ1) is 26.4. The topological polar surface area (TPSA) is 90.6 Å². The Kier molecular flexibility index (Phi) is 6.90. The zero-order valence-corrected chi connectivity index (χ0v) is 21.6. The van der Waals surface area contributed by atoms with Gasteiger partial charge in [-0.3, -0.25) is 4.79 Å². The number of carbonyl (C=O) groups is 2. The molecule has 0 fully saturated rings. The molecule has 2 atom stereocenters. The van der Waals surface area contributed by atoms with Crippen molar-refractivity contribution < 1.29 is 27.8 Å². The van der Waals surface area contributed by atoms with Crippen LogP contribution in [0.2, 0.25) is 5.02 Å². The van der Waals surface area contributed by atoms with E-state index < -0.39 is 40.8 Å². The van der Waals surface area contributed by atoms with E-state index in [1.54, 1.807) is 6.07 Å². The third kappa shape index (κ3) is 4.62. The van der Waals surface area contributed by atoms with Gasteiger partial charge < -0.3 is 20.5 Å². The van der Waals surface area contributed by atoms with Crippen LogP contribution in [0.3, 0.4) is 0 Å². The van der Waals surface area contributed by atoms with Crippen LogP contribution in [0.25, 0.3) is 11.1 Å². The number of hydrogen-bond acceptors (Lipinski definition) is 4. The maximum atomic E-state index is 15.4. The van der Waals surface area contributed by atoms with E-state index in [1.165, 1.54) is 19.2 Å². The number of rotatable bonds is 5. The number of hydrogen-bond donors (Lipinski definition) is 2. The number of primary amides is 1. The second-order valence-corrected chi connectivity index (χ2v) is 10.4. The fourth-order valence-corrected chi connectivity index (χ4v) is 5.29. The summed E-state index contributed by atoms with van der Waals surface area (Å²) in [5, 5.41) is 2.55. The zero-order chi connectivity index (χ0) is 27.1. The number of ether oxygens (including phenoxy) is 2. The molecule has 1 aliphatic rings. The van der Waals surface area contributed by atoms with Crippen molar-refractivity contribution >= 4 is 23.6 Å². The third-order valence-electron chi connectivity index (χ3n) is 6.47. The Morgan fingerprint density at radius 1 is 1.08 bits per heavy atom. The average molecular weight is 529 g/mol. The van der Waals surface area contributed by atoms with Crippen molar-refractivity contribution in [1.82, 2.24) is 5.32 Å². The molecule has 3 N–H and O–H groups in total. The summed E-state index contributed by atoms with van der Waals surface area (Å²) < 4.78 is 42.1. The molecule has 1 aliphatic heterocycles. The first-order chi connectivity index (χ1) is 17.4. The van der Waals surface area contributed by atoms with Gasteiger partial charge >= 0.3 is 6.09 Å². The summed E-state index contributed by atoms with van der Waals surface area (Å²) in [6.45, 7) is 5.63. The van der Waals surface area contributed by atoms with Crippen molar-refractivity contribution in [1.29, 1.82) is 0 Å². The molecule has 0 bridgehead atoms. The highest BCUT2D eigenvalue weighted by molar-refractivity contribution is 6.34. The van der Waals surface area contributed by atoms with Crippen LogP contribution in [0, 0.1) is 17.0 Å². The molecule has 6 nitrogen and oxygen atoms in total. The highest BCUT2D eigenvalue weighted by Gasteiger charge is 2.55. The average Bonchev–Trinajstić information content (AvgIpc) is 3.24. The van der Waals surface area contributed by atoms with Crippen LogP contribution in [-0.2, 0) is 16.8 Å². The summed E-state index contributed by atoms with van der Waals surface area (Å²) in [7, 11) is 1.39. The molecule has 0 radical (unpaired) electrons. The molecule has 1 heterocycles. The predicted molar refractivity (Wildman–Crippen MR) is 137 cm³/mol. The molecule has 0 saturated carbocycles. The first-order valence-corrected chi connectivity index (χ1v) is 12.0. The van der Waals surface area contributed by atoms with Gasteiger partial charge in [0.2, 0.25) is 0 Å². The molecule has 3 aromatic carbocycles. The van der Waals surface area contributed by atoms with Gasteiger partial charge in [0.15, 0.2) is 23.3 Å². The normalized spacial score (nSPS) is 17.5. The lowest BCUT2D eigenvalue weighted by Gasteiger charge is -2.43. The second kappa shape index (κ2) is 9.67. The van der Waals surface area contributed by atoms with E-state index >= 15 is 4.39 Å². The van der Waals surface area contributed by atoms with Crippen molar-refractivity contribution in [3.8, 4) is 16.9 Å². The van der Waals surface area contributed by atoms with Crippen molar-refractivity contribution in [3.63, 3.8) is 0 Å². The van der Waals surface area contributed by atoms with E-state index in [0.717, 1.165) is 6.07 Å². The second-order valence-electron chi connectivity index (χ2n) is 9.98. The molecular formula is C28H27ClF2N2O4. The first-order valence-electron chi connectivity index (χ1n) is 11.6. The summed E-state index contributed by atoms with van der Waals surface area (Å²) in [4.78, 5) is 24.7. The van der Waals surface area contributed by atoms with Crippen LogP contribution in [0.1, 0.15) is 42.3 Å². The van der Waals surface area contributed by atoms with E-state index in [2.05, 4.69) is 5.32 Å². The minimum Gasteiger partial charge on any atom is -0.478 e. The van der Waals surface area contributed by atoms with Gasteiger partial charge in [-0.2, -0.15) is 0 Å². The van der Waals surface area contributed by atoms with Gasteiger partial charge in [0, 0.05) is 40.6 Å². The zero-order valence-electron chi connectivity index (χ0n) is 20.8. The third-order valence-corrected chi connectivity index (χ3v) is 6.79. The lowest BCUT2D eigenvalue weighted by Crippen LogP contribution is -2.53. The van der Waals surface area contributed by atoms with Crippen molar-refractivity contribution in [2.45, 2.75) is 38.9 Å². The molecule has 0 saturated heterocycles. The lowest BCUT2D eigenvalue weighted by molar-refractivity contribution is -0.100. The van der Waals surface area contributed by atoms with Crippen molar-refractivity contribution in [2.75, 3.05) is 7.05 Å². The molecule has 3 aromatic rings. The number of nitrogens with two attached hydrogens (primary N) is 1. The Bertz CT molecular complexity index is 1370. The molecule has 194 valence electrons. The summed E-state index contributed by atoms with van der Waals surface area (Å²) in [6, 6.07) is 14.3. The molecule has 4 rings (SSSR count). The Labute approximate surface area is 218 Å². The highest BCUT2D eigenvalue weighted by Crippen LogP contribution is 2.53. The fourth-order valence-electron chi connectivity index (χ4n) is 5.02. The van der Waals surface area contributed by atoms with Gasteiger partial charge in [0.1, 0.15) is 5.75 Å². The lowest BCUT2D eigenvalue weighted by atomic mass is 9.72. The molecular weight excluding hydrogens is 502 g/mol. The number of carbonyl (C=O) groups excluding carboxylic acids is 2. The van der Waals surface area contributed by atoms with Crippen LogP contribution >= 0.6 is 11.6 Å². The number of nitrogens with one attached hydrogen (secondary N) is 1. The van der Waals surface area contributed by atoms with E-state index in [1.807, 2.05) is 51.1 Å². The summed E-state index contributed by atoms with van der Waals surface area (Å²) >= 11 is 6.60. The van der Waals surface area contributed by atoms with Crippen LogP contribution in [0.5, 0.6) is 5.75 Å². The molecule has 37 heavy (non-hydrogen) atoms. The molecule has 0 aliphatic carbocycles. The summed E-state index contributed by atoms with van der Waals surface area (Å²) in [5.74, 6) is -2.62. The van der Waals surface area contributed by atoms with Gasteiger partial charge in [-0.15, -0.1) is 0 Å². The van der Waals surface area contributed by atoms with Crippen LogP contribution in [0.15, 0.2) is 54.6 Å². The predicted octanol–water partition coefficient (Wildman–Crippen LogP) is 5.99. The molecule has 9 heteroatoms. The molecule has 0 spiro atoms. The van der Waals surface area contributed by atoms with Crippen molar-refractivity contribution in [2.24, 2.45) is 11.1 Å².